The van der Waals surface area contributed by atoms with E-state index in [4.69, 9.17) is 15.6 Å². The first-order valence-electron chi connectivity index (χ1n) is 9.89. The Kier molecular flexibility index (Phi) is 20.8. The molecule has 0 bridgehead atoms. The van der Waals surface area contributed by atoms with Gasteiger partial charge in [0, 0.05) is 0 Å². The summed E-state index contributed by atoms with van der Waals surface area (Å²) < 4.78 is 4.91. The third-order valence-electron chi connectivity index (χ3n) is 4.38. The Balaban J connectivity index is 2.99. The summed E-state index contributed by atoms with van der Waals surface area (Å²) in [5.74, 6) is 0. The van der Waals surface area contributed by atoms with Gasteiger partial charge in [-0.25, -0.2) is 0 Å². The van der Waals surface area contributed by atoms with E-state index in [-0.39, 0.29) is 0 Å². The number of hydrogen-bond acceptors (Lipinski definition) is 2. The van der Waals surface area contributed by atoms with Gasteiger partial charge in [0.25, 0.3) is 0 Å². The normalized spacial score (nSPS) is 10.7. The maximum absolute atomic E-state index is 4.93. The van der Waals surface area contributed by atoms with Gasteiger partial charge < -0.3 is 0 Å². The van der Waals surface area contributed by atoms with Gasteiger partial charge in [-0.1, -0.05) is 58.3 Å². The van der Waals surface area contributed by atoms with E-state index in [9.17, 15) is 0 Å². The number of nitrogens with one attached hydrogen (secondary N) is 1. The molecule has 0 aromatic carbocycles. The molecule has 0 spiro atoms. The molecule has 4 heteroatoms. The molecule has 0 heterocycles. The summed E-state index contributed by atoms with van der Waals surface area (Å²) in [6.07, 6.45) is 22.5. The zero-order chi connectivity index (χ0) is 17.0. The van der Waals surface area contributed by atoms with Crippen LogP contribution in [0.2, 0.25) is 0 Å². The molecule has 0 aromatic rings. The number of unbranched alkanes of at least 4 members (excludes halogenated alkanes) is 15. The van der Waals surface area contributed by atoms with Gasteiger partial charge in [-0.3, -0.25) is 0 Å². The summed E-state index contributed by atoms with van der Waals surface area (Å²) in [5, 5.41) is 3.62. The van der Waals surface area contributed by atoms with Crippen molar-refractivity contribution >= 4 is 17.4 Å². The Bertz CT molecular complexity index is 252. The van der Waals surface area contributed by atoms with Crippen LogP contribution in [0.3, 0.4) is 0 Å². The molecule has 0 fully saturated rings. The van der Waals surface area contributed by atoms with Crippen LogP contribution in [-0.4, -0.2) is 11.7 Å². The molecule has 0 aromatic heterocycles. The molecule has 0 radical (unpaired) electrons. The fourth-order valence-corrected chi connectivity index (χ4v) is 3.14. The Morgan fingerprint density at radius 1 is 0.696 bits per heavy atom. The number of hydrogen-bond donors (Lipinski definition) is 1. The second-order valence-electron chi connectivity index (χ2n) is 6.60. The summed E-state index contributed by atoms with van der Waals surface area (Å²) in [6, 6.07) is 0. The molecule has 2 nitrogen and oxygen atoms in total. The van der Waals surface area contributed by atoms with Crippen molar-refractivity contribution in [2.45, 2.75) is 110 Å². The molecule has 1 N–H and O–H groups in total. The molecule has 0 aliphatic heterocycles. The van der Waals surface area contributed by atoms with Crippen molar-refractivity contribution in [3.05, 3.63) is 0 Å². The van der Waals surface area contributed by atoms with Crippen LogP contribution >= 0.6 is 12.2 Å². The zero-order valence-electron chi connectivity index (χ0n) is 15.2. The molecule has 0 amide bonds. The van der Waals surface area contributed by atoms with Crippen molar-refractivity contribution in [2.24, 2.45) is 0 Å². The molecule has 0 unspecified atom stereocenters. The first-order chi connectivity index (χ1) is 11.3. The third kappa shape index (κ3) is 20.3. The minimum absolute atomic E-state index is 0.524. The van der Waals surface area contributed by atoms with E-state index in [2.05, 4.69) is 12.2 Å². The van der Waals surface area contributed by atoms with E-state index >= 15 is 0 Å². The van der Waals surface area contributed by atoms with Crippen LogP contribution in [0.15, 0.2) is 0 Å². The maximum atomic E-state index is 4.93. The SMILES string of the molecule is CCCCCCCCCCCCCCCCCCNC(=S)[O][Mo]. The predicted molar refractivity (Wildman–Crippen MR) is 101 cm³/mol. The van der Waals surface area contributed by atoms with E-state index in [1.807, 2.05) is 0 Å². The van der Waals surface area contributed by atoms with Crippen LogP contribution in [0.4, 0.5) is 0 Å². The van der Waals surface area contributed by atoms with Crippen LogP contribution in [0.1, 0.15) is 110 Å². The molecule has 23 heavy (non-hydrogen) atoms. The quantitative estimate of drug-likeness (QED) is 0.161. The topological polar surface area (TPSA) is 21.3 Å². The van der Waals surface area contributed by atoms with E-state index in [0.717, 1.165) is 6.54 Å². The van der Waals surface area contributed by atoms with Crippen molar-refractivity contribution in [1.82, 2.24) is 5.32 Å². The predicted octanol–water partition coefficient (Wildman–Crippen LogP) is 6.60. The van der Waals surface area contributed by atoms with Crippen LogP contribution in [0.25, 0.3) is 0 Å². The van der Waals surface area contributed by atoms with Gasteiger partial charge in [0.05, 0.1) is 0 Å². The Labute approximate surface area is 162 Å². The number of thiocarbonyl (C=S) groups is 1. The number of rotatable bonds is 17. The average Bonchev–Trinajstić information content (AvgIpc) is 2.57. The van der Waals surface area contributed by atoms with Gasteiger partial charge in [0.1, 0.15) is 0 Å². The monoisotopic (exact) mass is 426 g/mol. The van der Waals surface area contributed by atoms with Gasteiger partial charge in [-0.15, -0.1) is 0 Å². The van der Waals surface area contributed by atoms with E-state index < -0.39 is 0 Å². The molecule has 0 saturated carbocycles. The summed E-state index contributed by atoms with van der Waals surface area (Å²) in [5.41, 5.74) is 0. The Morgan fingerprint density at radius 3 is 1.39 bits per heavy atom. The van der Waals surface area contributed by atoms with Gasteiger partial charge in [-0.05, 0) is 0 Å². The molecular formula is C19H38MoNOS. The first kappa shape index (κ1) is 23.4. The van der Waals surface area contributed by atoms with Crippen molar-refractivity contribution < 1.29 is 23.6 Å². The van der Waals surface area contributed by atoms with E-state index in [0.29, 0.717) is 5.17 Å². The first-order valence-corrected chi connectivity index (χ1v) is 11.1. The third-order valence-corrected chi connectivity index (χ3v) is 5.29. The summed E-state index contributed by atoms with van der Waals surface area (Å²) in [4.78, 5) is 0. The van der Waals surface area contributed by atoms with Gasteiger partial charge in [0.2, 0.25) is 0 Å². The zero-order valence-corrected chi connectivity index (χ0v) is 18.1. The second-order valence-corrected chi connectivity index (χ2v) is 7.38. The molecular weight excluding hydrogens is 386 g/mol. The minimum atomic E-state index is 0.524. The van der Waals surface area contributed by atoms with E-state index in [1.165, 1.54) is 103 Å². The van der Waals surface area contributed by atoms with Gasteiger partial charge >= 0.3 is 104 Å². The van der Waals surface area contributed by atoms with Gasteiger partial charge in [-0.2, -0.15) is 0 Å². The van der Waals surface area contributed by atoms with Crippen molar-refractivity contribution in [3.8, 4) is 0 Å². The van der Waals surface area contributed by atoms with Crippen LogP contribution in [-0.2, 0) is 23.6 Å². The van der Waals surface area contributed by atoms with Crippen LogP contribution < -0.4 is 5.32 Å². The van der Waals surface area contributed by atoms with Crippen molar-refractivity contribution in [2.75, 3.05) is 6.54 Å². The van der Waals surface area contributed by atoms with Crippen LogP contribution in [0.5, 0.6) is 0 Å². The standard InChI is InChI=1S/C19H39NOS.Mo/c1-2-3-4-5-6-7-8-9-10-11-12-13-14-15-16-17-18-20-19(21)22;/h2-18H2,1H3,(H2,20,21,22);/q;+1/p-1. The van der Waals surface area contributed by atoms with E-state index in [1.54, 1.807) is 20.2 Å². The second kappa shape index (κ2) is 20.4. The average molecular weight is 425 g/mol. The van der Waals surface area contributed by atoms with Gasteiger partial charge in [0.15, 0.2) is 0 Å². The molecule has 0 aliphatic rings. The molecule has 0 atom stereocenters. The fraction of sp³-hybridized carbons (Fsp3) is 0.947. The Hall–Kier alpha value is 0.378. The molecule has 0 saturated heterocycles. The summed E-state index contributed by atoms with van der Waals surface area (Å²) in [7, 11) is 0. The molecule has 0 rings (SSSR count). The molecule has 137 valence electrons. The fourth-order valence-electron chi connectivity index (χ4n) is 2.89. The summed E-state index contributed by atoms with van der Waals surface area (Å²) >= 11 is 6.48. The van der Waals surface area contributed by atoms with Crippen LogP contribution in [0, 0.1) is 0 Å². The summed E-state index contributed by atoms with van der Waals surface area (Å²) in [6.45, 7) is 3.24. The Morgan fingerprint density at radius 2 is 1.04 bits per heavy atom. The molecule has 0 aliphatic carbocycles. The van der Waals surface area contributed by atoms with Crippen molar-refractivity contribution in [1.29, 1.82) is 0 Å². The van der Waals surface area contributed by atoms with Crippen molar-refractivity contribution in [3.63, 3.8) is 0 Å².